The highest BCUT2D eigenvalue weighted by Gasteiger charge is 2.42. The van der Waals surface area contributed by atoms with E-state index in [2.05, 4.69) is 26.1 Å². The van der Waals surface area contributed by atoms with Gasteiger partial charge in [-0.05, 0) is 43.7 Å². The zero-order valence-corrected chi connectivity index (χ0v) is 15.0. The van der Waals surface area contributed by atoms with Crippen molar-refractivity contribution in [3.8, 4) is 0 Å². The van der Waals surface area contributed by atoms with Gasteiger partial charge in [-0.1, -0.05) is 45.8 Å². The highest BCUT2D eigenvalue weighted by atomic mass is 79.9. The molecule has 0 unspecified atom stereocenters. The van der Waals surface area contributed by atoms with Crippen LogP contribution in [0.3, 0.4) is 0 Å². The number of aryl methyl sites for hydroxylation is 2. The number of amides is 1. The third-order valence-electron chi connectivity index (χ3n) is 4.45. The maximum Gasteiger partial charge on any atom is 0.279 e. The predicted octanol–water partition coefficient (Wildman–Crippen LogP) is 4.54. The van der Waals surface area contributed by atoms with Gasteiger partial charge in [0.15, 0.2) is 5.69 Å². The van der Waals surface area contributed by atoms with Gasteiger partial charge in [0.25, 0.3) is 5.91 Å². The molecule has 1 aromatic heterocycles. The Morgan fingerprint density at radius 3 is 2.38 bits per heavy atom. The number of anilines is 1. The van der Waals surface area contributed by atoms with E-state index in [1.807, 2.05) is 67.3 Å². The molecule has 1 atom stereocenters. The molecular formula is C19H16BrN3O. The van der Waals surface area contributed by atoms with Gasteiger partial charge in [0, 0.05) is 21.4 Å². The van der Waals surface area contributed by atoms with E-state index >= 15 is 0 Å². The average Bonchev–Trinajstić information content (AvgIpc) is 3.09. The van der Waals surface area contributed by atoms with Crippen molar-refractivity contribution in [2.24, 2.45) is 0 Å². The molecule has 0 fully saturated rings. The zero-order valence-electron chi connectivity index (χ0n) is 13.4. The molecule has 24 heavy (non-hydrogen) atoms. The minimum Gasteiger partial charge on any atom is -0.295 e. The van der Waals surface area contributed by atoms with Gasteiger partial charge in [-0.2, -0.15) is 5.10 Å². The second-order valence-corrected chi connectivity index (χ2v) is 6.99. The monoisotopic (exact) mass is 381 g/mol. The standard InChI is InChI=1S/C19H16BrN3O/c1-11-3-9-15(10-4-11)23-18(13-5-7-14(20)8-6-13)16-12(2)21-22-17(16)19(23)24/h3-10,18H,1-2H3,(H,21,22)/t18-/m1/s1. The third-order valence-corrected chi connectivity index (χ3v) is 4.97. The maximum atomic E-state index is 13.0. The molecule has 2 aromatic carbocycles. The van der Waals surface area contributed by atoms with E-state index < -0.39 is 0 Å². The Kier molecular flexibility index (Phi) is 3.53. The number of aromatic nitrogens is 2. The maximum absolute atomic E-state index is 13.0. The number of hydrogen-bond acceptors (Lipinski definition) is 2. The SMILES string of the molecule is Cc1ccc(N2C(=O)c3n[nH]c(C)c3[C@H]2c2ccc(Br)cc2)cc1. The quantitative estimate of drug-likeness (QED) is 0.708. The fourth-order valence-corrected chi connectivity index (χ4v) is 3.49. The molecule has 1 aliphatic rings. The predicted molar refractivity (Wildman–Crippen MR) is 97.3 cm³/mol. The molecular weight excluding hydrogens is 366 g/mol. The van der Waals surface area contributed by atoms with Crippen LogP contribution in [0.5, 0.6) is 0 Å². The van der Waals surface area contributed by atoms with Crippen LogP contribution in [-0.2, 0) is 0 Å². The van der Waals surface area contributed by atoms with Gasteiger partial charge in [0.1, 0.15) is 0 Å². The topological polar surface area (TPSA) is 49.0 Å². The minimum absolute atomic E-state index is 0.0638. The number of hydrogen-bond donors (Lipinski definition) is 1. The molecule has 4 nitrogen and oxygen atoms in total. The van der Waals surface area contributed by atoms with Crippen LogP contribution < -0.4 is 4.90 Å². The number of nitrogens with one attached hydrogen (secondary N) is 1. The molecule has 4 rings (SSSR count). The Bertz CT molecular complexity index is 913. The van der Waals surface area contributed by atoms with Crippen LogP contribution in [0.4, 0.5) is 5.69 Å². The van der Waals surface area contributed by atoms with Crippen molar-refractivity contribution in [2.75, 3.05) is 4.90 Å². The fraction of sp³-hybridized carbons (Fsp3) is 0.158. The summed E-state index contributed by atoms with van der Waals surface area (Å²) in [6.07, 6.45) is 0. The minimum atomic E-state index is -0.165. The fourth-order valence-electron chi connectivity index (χ4n) is 3.23. The summed E-state index contributed by atoms with van der Waals surface area (Å²) in [5.41, 5.74) is 5.52. The van der Waals surface area contributed by atoms with E-state index in [4.69, 9.17) is 0 Å². The van der Waals surface area contributed by atoms with Crippen LogP contribution >= 0.6 is 15.9 Å². The molecule has 120 valence electrons. The van der Waals surface area contributed by atoms with Gasteiger partial charge < -0.3 is 0 Å². The number of carbonyl (C=O) groups is 1. The Labute approximate surface area is 148 Å². The van der Waals surface area contributed by atoms with Crippen molar-refractivity contribution in [3.63, 3.8) is 0 Å². The molecule has 0 bridgehead atoms. The lowest BCUT2D eigenvalue weighted by atomic mass is 9.99. The number of H-pyrrole nitrogens is 1. The van der Waals surface area contributed by atoms with Crippen LogP contribution in [0.2, 0.25) is 0 Å². The van der Waals surface area contributed by atoms with E-state index in [1.54, 1.807) is 0 Å². The second kappa shape index (κ2) is 5.60. The van der Waals surface area contributed by atoms with Gasteiger partial charge in [-0.3, -0.25) is 14.8 Å². The lowest BCUT2D eigenvalue weighted by Gasteiger charge is -2.26. The first-order chi connectivity index (χ1) is 11.6. The van der Waals surface area contributed by atoms with Crippen molar-refractivity contribution < 1.29 is 4.79 Å². The summed E-state index contributed by atoms with van der Waals surface area (Å²) in [7, 11) is 0. The van der Waals surface area contributed by atoms with Gasteiger partial charge in [-0.15, -0.1) is 0 Å². The van der Waals surface area contributed by atoms with Crippen molar-refractivity contribution in [3.05, 3.63) is 81.1 Å². The molecule has 1 amide bonds. The Balaban J connectivity index is 1.89. The largest absolute Gasteiger partial charge is 0.295 e. The summed E-state index contributed by atoms with van der Waals surface area (Å²) in [6.45, 7) is 4.00. The summed E-state index contributed by atoms with van der Waals surface area (Å²) >= 11 is 3.47. The molecule has 0 spiro atoms. The highest BCUT2D eigenvalue weighted by Crippen LogP contribution is 2.42. The first kappa shape index (κ1) is 15.1. The second-order valence-electron chi connectivity index (χ2n) is 6.08. The van der Waals surface area contributed by atoms with Crippen molar-refractivity contribution >= 4 is 27.5 Å². The normalized spacial score (nSPS) is 16.5. The molecule has 1 N–H and O–H groups in total. The van der Waals surface area contributed by atoms with Crippen LogP contribution in [0.15, 0.2) is 53.0 Å². The summed E-state index contributed by atoms with van der Waals surface area (Å²) in [5, 5.41) is 7.19. The number of rotatable bonds is 2. The number of aromatic amines is 1. The van der Waals surface area contributed by atoms with Crippen molar-refractivity contribution in [1.82, 2.24) is 10.2 Å². The summed E-state index contributed by atoms with van der Waals surface area (Å²) in [6, 6.07) is 16.0. The number of nitrogens with zero attached hydrogens (tertiary/aromatic N) is 2. The molecule has 1 aliphatic heterocycles. The van der Waals surface area contributed by atoms with Crippen LogP contribution in [0.25, 0.3) is 0 Å². The van der Waals surface area contributed by atoms with E-state index in [9.17, 15) is 4.79 Å². The van der Waals surface area contributed by atoms with Gasteiger partial charge in [-0.25, -0.2) is 0 Å². The van der Waals surface area contributed by atoms with E-state index in [0.717, 1.165) is 27.0 Å². The molecule has 0 saturated heterocycles. The number of halogens is 1. The number of fused-ring (bicyclic) bond motifs is 1. The van der Waals surface area contributed by atoms with E-state index in [-0.39, 0.29) is 11.9 Å². The van der Waals surface area contributed by atoms with Crippen LogP contribution in [0, 0.1) is 13.8 Å². The Hall–Kier alpha value is -2.40. The summed E-state index contributed by atoms with van der Waals surface area (Å²) < 4.78 is 1.02. The third kappa shape index (κ3) is 2.27. The van der Waals surface area contributed by atoms with Gasteiger partial charge in [0.05, 0.1) is 6.04 Å². The first-order valence-electron chi connectivity index (χ1n) is 7.77. The molecule has 0 radical (unpaired) electrons. The molecule has 0 saturated carbocycles. The lowest BCUT2D eigenvalue weighted by Crippen LogP contribution is -2.29. The Morgan fingerprint density at radius 1 is 1.04 bits per heavy atom. The Morgan fingerprint density at radius 2 is 1.71 bits per heavy atom. The van der Waals surface area contributed by atoms with Gasteiger partial charge >= 0.3 is 0 Å². The molecule has 5 heteroatoms. The highest BCUT2D eigenvalue weighted by molar-refractivity contribution is 9.10. The molecule has 2 heterocycles. The lowest BCUT2D eigenvalue weighted by molar-refractivity contribution is 0.0988. The van der Waals surface area contributed by atoms with Crippen LogP contribution in [-0.4, -0.2) is 16.1 Å². The van der Waals surface area contributed by atoms with E-state index in [0.29, 0.717) is 5.69 Å². The van der Waals surface area contributed by atoms with Gasteiger partial charge in [0.2, 0.25) is 0 Å². The number of benzene rings is 2. The van der Waals surface area contributed by atoms with E-state index in [1.165, 1.54) is 5.56 Å². The first-order valence-corrected chi connectivity index (χ1v) is 8.56. The average molecular weight is 382 g/mol. The smallest absolute Gasteiger partial charge is 0.279 e. The van der Waals surface area contributed by atoms with Crippen LogP contribution in [0.1, 0.15) is 38.9 Å². The molecule has 0 aliphatic carbocycles. The summed E-state index contributed by atoms with van der Waals surface area (Å²) in [5.74, 6) is -0.0638. The van der Waals surface area contributed by atoms with Crippen molar-refractivity contribution in [2.45, 2.75) is 19.9 Å². The molecule has 3 aromatic rings. The zero-order chi connectivity index (χ0) is 16.8. The number of carbonyl (C=O) groups excluding carboxylic acids is 1. The van der Waals surface area contributed by atoms with Crippen molar-refractivity contribution in [1.29, 1.82) is 0 Å². The summed E-state index contributed by atoms with van der Waals surface area (Å²) in [4.78, 5) is 14.8.